The predicted molar refractivity (Wildman–Crippen MR) is 120 cm³/mol. The second-order valence-corrected chi connectivity index (χ2v) is 7.31. The summed E-state index contributed by atoms with van der Waals surface area (Å²) >= 11 is 0. The number of rotatable bonds is 9. The van der Waals surface area contributed by atoms with Crippen molar-refractivity contribution in [2.24, 2.45) is 0 Å². The van der Waals surface area contributed by atoms with E-state index in [-0.39, 0.29) is 12.5 Å². The van der Waals surface area contributed by atoms with Crippen molar-refractivity contribution in [2.45, 2.75) is 27.2 Å². The third-order valence-corrected chi connectivity index (χ3v) is 4.97. The number of esters is 1. The number of carbonyl (C=O) groups excluding carboxylic acids is 2. The van der Waals surface area contributed by atoms with E-state index >= 15 is 0 Å². The summed E-state index contributed by atoms with van der Waals surface area (Å²) in [6.45, 7) is 5.78. The van der Waals surface area contributed by atoms with Gasteiger partial charge in [0.25, 0.3) is 5.91 Å². The smallest absolute Gasteiger partial charge is 0.331 e. The van der Waals surface area contributed by atoms with Gasteiger partial charge in [0.15, 0.2) is 12.4 Å². The molecule has 0 spiro atoms. The molecule has 0 bridgehead atoms. The van der Waals surface area contributed by atoms with Gasteiger partial charge in [0.05, 0.1) is 7.11 Å². The van der Waals surface area contributed by atoms with E-state index in [2.05, 4.69) is 10.5 Å². The van der Waals surface area contributed by atoms with Gasteiger partial charge in [-0.1, -0.05) is 23.4 Å². The van der Waals surface area contributed by atoms with Crippen molar-refractivity contribution < 1.29 is 23.6 Å². The Hall–Kier alpha value is -3.81. The third kappa shape index (κ3) is 5.66. The van der Waals surface area contributed by atoms with Gasteiger partial charge >= 0.3 is 5.97 Å². The van der Waals surface area contributed by atoms with Crippen LogP contribution in [0.15, 0.2) is 47.0 Å². The summed E-state index contributed by atoms with van der Waals surface area (Å²) in [5, 5.41) is 6.78. The Labute approximate surface area is 186 Å². The fraction of sp³-hybridized carbons (Fsp3) is 0.292. The van der Waals surface area contributed by atoms with Crippen LogP contribution in [0.25, 0.3) is 11.9 Å². The lowest BCUT2D eigenvalue weighted by molar-refractivity contribution is -0.143. The number of benzene rings is 1. The number of hydrogen-bond donors (Lipinski definition) is 1. The van der Waals surface area contributed by atoms with Crippen LogP contribution in [-0.2, 0) is 20.7 Å². The molecule has 168 valence electrons. The van der Waals surface area contributed by atoms with Crippen molar-refractivity contribution in [2.75, 3.05) is 20.3 Å². The van der Waals surface area contributed by atoms with Gasteiger partial charge in [-0.15, -0.1) is 0 Å². The van der Waals surface area contributed by atoms with Gasteiger partial charge in [-0.05, 0) is 56.5 Å². The zero-order chi connectivity index (χ0) is 23.1. The fourth-order valence-corrected chi connectivity index (χ4v) is 3.41. The van der Waals surface area contributed by atoms with E-state index in [9.17, 15) is 9.59 Å². The molecule has 8 heteroatoms. The molecule has 0 radical (unpaired) electrons. The Kier molecular flexibility index (Phi) is 7.49. The van der Waals surface area contributed by atoms with Crippen LogP contribution in [0.2, 0.25) is 0 Å². The quantitative estimate of drug-likeness (QED) is 0.408. The Balaban J connectivity index is 1.48. The minimum atomic E-state index is -0.591. The SMILES string of the molecule is COc1ccccc1CCNC(=O)COC(=O)/C=C/c1cc(C)n(-c2cc(C)on2)c1C. The molecule has 1 aromatic carbocycles. The number of nitrogens with zero attached hydrogens (tertiary/aromatic N) is 2. The molecule has 1 amide bonds. The molecular formula is C24H27N3O5. The molecule has 0 aliphatic rings. The summed E-state index contributed by atoms with van der Waals surface area (Å²) in [4.78, 5) is 24.0. The maximum Gasteiger partial charge on any atom is 0.331 e. The lowest BCUT2D eigenvalue weighted by Crippen LogP contribution is -2.30. The van der Waals surface area contributed by atoms with Crippen LogP contribution >= 0.6 is 0 Å². The molecule has 32 heavy (non-hydrogen) atoms. The Morgan fingerprint density at radius 2 is 1.97 bits per heavy atom. The molecule has 1 N–H and O–H groups in total. The van der Waals surface area contributed by atoms with Crippen LogP contribution in [-0.4, -0.2) is 41.9 Å². The van der Waals surface area contributed by atoms with E-state index in [1.54, 1.807) is 13.2 Å². The summed E-state index contributed by atoms with van der Waals surface area (Å²) in [5.74, 6) is 1.23. The lowest BCUT2D eigenvalue weighted by Gasteiger charge is -2.09. The molecular weight excluding hydrogens is 410 g/mol. The molecule has 0 aliphatic heterocycles. The number of hydrogen-bond acceptors (Lipinski definition) is 6. The molecule has 0 fully saturated rings. The number of nitrogens with one attached hydrogen (secondary N) is 1. The summed E-state index contributed by atoms with van der Waals surface area (Å²) in [6, 6.07) is 11.4. The highest BCUT2D eigenvalue weighted by molar-refractivity contribution is 5.89. The molecule has 0 aliphatic carbocycles. The van der Waals surface area contributed by atoms with Gasteiger partial charge in [-0.3, -0.25) is 9.36 Å². The van der Waals surface area contributed by atoms with Crippen molar-refractivity contribution in [1.82, 2.24) is 15.0 Å². The zero-order valence-corrected chi connectivity index (χ0v) is 18.7. The number of aryl methyl sites for hydroxylation is 2. The zero-order valence-electron chi connectivity index (χ0n) is 18.7. The molecule has 0 unspecified atom stereocenters. The standard InChI is InChI=1S/C24H27N3O5/c1-16-13-20(18(3)27(16)22-14-17(2)32-26-22)9-10-24(29)31-15-23(28)25-12-11-19-7-5-6-8-21(19)30-4/h5-10,13-14H,11-12,15H2,1-4H3,(H,25,28)/b10-9+. The first-order valence-corrected chi connectivity index (χ1v) is 10.2. The third-order valence-electron chi connectivity index (χ3n) is 4.97. The van der Waals surface area contributed by atoms with Crippen LogP contribution < -0.4 is 10.1 Å². The largest absolute Gasteiger partial charge is 0.496 e. The number of para-hydroxylation sites is 1. The van der Waals surface area contributed by atoms with Crippen molar-refractivity contribution in [3.8, 4) is 11.6 Å². The second-order valence-electron chi connectivity index (χ2n) is 7.31. The van der Waals surface area contributed by atoms with E-state index in [4.69, 9.17) is 14.0 Å². The van der Waals surface area contributed by atoms with Crippen LogP contribution in [0.5, 0.6) is 5.75 Å². The predicted octanol–water partition coefficient (Wildman–Crippen LogP) is 3.31. The van der Waals surface area contributed by atoms with Crippen LogP contribution in [0, 0.1) is 20.8 Å². The summed E-state index contributed by atoms with van der Waals surface area (Å²) in [6.07, 6.45) is 3.58. The van der Waals surface area contributed by atoms with Gasteiger partial charge < -0.3 is 19.3 Å². The molecule has 0 atom stereocenters. The molecule has 3 rings (SSSR count). The van der Waals surface area contributed by atoms with Crippen molar-refractivity contribution in [1.29, 1.82) is 0 Å². The van der Waals surface area contributed by atoms with Crippen LogP contribution in [0.4, 0.5) is 0 Å². The highest BCUT2D eigenvalue weighted by atomic mass is 16.5. The highest BCUT2D eigenvalue weighted by Gasteiger charge is 2.13. The average molecular weight is 437 g/mol. The van der Waals surface area contributed by atoms with E-state index < -0.39 is 5.97 Å². The number of methoxy groups -OCH3 is 1. The molecule has 3 aromatic rings. The van der Waals surface area contributed by atoms with E-state index in [0.29, 0.717) is 24.5 Å². The van der Waals surface area contributed by atoms with Crippen LogP contribution in [0.3, 0.4) is 0 Å². The number of ether oxygens (including phenoxy) is 2. The van der Waals surface area contributed by atoms with Crippen LogP contribution in [0.1, 0.15) is 28.3 Å². The van der Waals surface area contributed by atoms with Crippen molar-refractivity contribution in [3.05, 3.63) is 70.7 Å². The summed E-state index contributed by atoms with van der Waals surface area (Å²) in [5.41, 5.74) is 3.71. The Morgan fingerprint density at radius 3 is 2.69 bits per heavy atom. The maximum absolute atomic E-state index is 12.0. The van der Waals surface area contributed by atoms with Gasteiger partial charge in [0.1, 0.15) is 11.5 Å². The summed E-state index contributed by atoms with van der Waals surface area (Å²) < 4.78 is 17.4. The molecule has 2 aromatic heterocycles. The van der Waals surface area contributed by atoms with Crippen molar-refractivity contribution in [3.63, 3.8) is 0 Å². The number of carbonyl (C=O) groups is 2. The molecule has 2 heterocycles. The molecule has 0 saturated heterocycles. The first-order valence-electron chi connectivity index (χ1n) is 10.2. The summed E-state index contributed by atoms with van der Waals surface area (Å²) in [7, 11) is 1.61. The van der Waals surface area contributed by atoms with Gasteiger partial charge in [0, 0.05) is 30.1 Å². The first kappa shape index (κ1) is 22.9. The molecule has 0 saturated carbocycles. The van der Waals surface area contributed by atoms with E-state index in [1.165, 1.54) is 6.08 Å². The normalized spacial score (nSPS) is 11.0. The van der Waals surface area contributed by atoms with Crippen molar-refractivity contribution >= 4 is 18.0 Å². The second kappa shape index (κ2) is 10.5. The number of amides is 1. The molecule has 8 nitrogen and oxygen atoms in total. The fourth-order valence-electron chi connectivity index (χ4n) is 3.41. The van der Waals surface area contributed by atoms with Gasteiger partial charge in [-0.25, -0.2) is 4.79 Å². The number of aromatic nitrogens is 2. The van der Waals surface area contributed by atoms with E-state index in [0.717, 1.165) is 28.3 Å². The Bertz CT molecular complexity index is 1130. The minimum absolute atomic E-state index is 0.341. The highest BCUT2D eigenvalue weighted by Crippen LogP contribution is 2.21. The monoisotopic (exact) mass is 437 g/mol. The lowest BCUT2D eigenvalue weighted by atomic mass is 10.1. The van der Waals surface area contributed by atoms with Gasteiger partial charge in [-0.2, -0.15) is 0 Å². The first-order chi connectivity index (χ1) is 15.4. The van der Waals surface area contributed by atoms with Gasteiger partial charge in [0.2, 0.25) is 0 Å². The maximum atomic E-state index is 12.0. The Morgan fingerprint density at radius 1 is 1.19 bits per heavy atom. The average Bonchev–Trinajstić information content (AvgIpc) is 3.32. The minimum Gasteiger partial charge on any atom is -0.496 e. The van der Waals surface area contributed by atoms with E-state index in [1.807, 2.05) is 61.7 Å². The topological polar surface area (TPSA) is 95.6 Å².